The van der Waals surface area contributed by atoms with Gasteiger partial charge in [0.2, 0.25) is 0 Å². The van der Waals surface area contributed by atoms with Crippen LogP contribution in [0.1, 0.15) is 297 Å². The number of phosphoric ester groups is 1. The Labute approximate surface area is 592 Å². The Hall–Kier alpha value is -2.56. The molecular weight excluding hydrogens is 1300 g/mol. The lowest BCUT2D eigenvalue weighted by molar-refractivity contribution is -0.360. The normalized spacial score (nSPS) is 27.6. The standard InChI is InChI=1S/C74H135O24P/c1-4-7-10-13-16-19-22-25-28-31-34-36-39-42-45-48-58(76)90-52-55(93-60(78)50-47-44-41-38-35-32-29-26-23-20-17-14-11-8-5-2)53-92-99(88,89)98-72-70(96-73-68(86)63(81)61(79)56(51-75)94-73)66(84)65(83)67(85)71(72)97-74-69(87)64(82)62(80)57(95-74)54-91-59(77)49-46-43-40-37-33-30-27-24-21-18-15-12-9-6-3/h19,22,30,33,55-57,61-75,79-87H,4-18,20-21,23-29,31-32,34-54H2,1-3H3,(H,88,89)/b22-19-,33-30-. The Morgan fingerprint density at radius 1 is 0.384 bits per heavy atom. The summed E-state index contributed by atoms with van der Waals surface area (Å²) in [6, 6.07) is 0. The summed E-state index contributed by atoms with van der Waals surface area (Å²) in [4.78, 5) is 51.0. The maximum absolute atomic E-state index is 14.3. The molecule has 3 aliphatic rings. The maximum atomic E-state index is 14.3. The highest BCUT2D eigenvalue weighted by Crippen LogP contribution is 2.49. The molecular formula is C74H135O24P. The van der Waals surface area contributed by atoms with Crippen molar-refractivity contribution in [2.45, 2.75) is 401 Å². The third-order valence-corrected chi connectivity index (χ3v) is 19.9. The monoisotopic (exact) mass is 1440 g/mol. The van der Waals surface area contributed by atoms with Gasteiger partial charge in [0, 0.05) is 19.3 Å². The molecule has 0 aromatic rings. The Morgan fingerprint density at radius 3 is 1.11 bits per heavy atom. The molecule has 0 aromatic heterocycles. The van der Waals surface area contributed by atoms with E-state index in [0.717, 1.165) is 116 Å². The smallest absolute Gasteiger partial charge is 0.463 e. The van der Waals surface area contributed by atoms with Gasteiger partial charge in [-0.25, -0.2) is 4.57 Å². The van der Waals surface area contributed by atoms with Crippen LogP contribution in [0.4, 0.5) is 0 Å². The van der Waals surface area contributed by atoms with Crippen molar-refractivity contribution in [2.24, 2.45) is 0 Å². The van der Waals surface area contributed by atoms with Crippen molar-refractivity contribution in [1.29, 1.82) is 0 Å². The first-order valence-electron chi connectivity index (χ1n) is 38.6. The Balaban J connectivity index is 1.73. The van der Waals surface area contributed by atoms with Crippen molar-refractivity contribution >= 4 is 25.7 Å². The van der Waals surface area contributed by atoms with Gasteiger partial charge in [0.1, 0.15) is 98.7 Å². The highest BCUT2D eigenvalue weighted by molar-refractivity contribution is 7.47. The zero-order chi connectivity index (χ0) is 72.5. The quantitative estimate of drug-likeness (QED) is 0.00886. The van der Waals surface area contributed by atoms with Crippen LogP contribution >= 0.6 is 7.82 Å². The second kappa shape index (κ2) is 55.9. The first-order chi connectivity index (χ1) is 47.8. The molecule has 2 aliphatic heterocycles. The van der Waals surface area contributed by atoms with Gasteiger partial charge in [-0.1, -0.05) is 231 Å². The zero-order valence-electron chi connectivity index (χ0n) is 60.5. The van der Waals surface area contributed by atoms with Gasteiger partial charge in [-0.2, -0.15) is 0 Å². The molecule has 0 bridgehead atoms. The van der Waals surface area contributed by atoms with Crippen molar-refractivity contribution < 1.29 is 117 Å². The molecule has 11 N–H and O–H groups in total. The van der Waals surface area contributed by atoms with Crippen LogP contribution in [0.5, 0.6) is 0 Å². The summed E-state index contributed by atoms with van der Waals surface area (Å²) in [5.74, 6) is -2.00. The molecule has 3 rings (SSSR count). The van der Waals surface area contributed by atoms with E-state index < -0.39 is 156 Å². The minimum absolute atomic E-state index is 0.00846. The number of rotatable bonds is 60. The van der Waals surface area contributed by atoms with Crippen molar-refractivity contribution in [3.63, 3.8) is 0 Å². The lowest BCUT2D eigenvalue weighted by Gasteiger charge is -2.49. The van der Waals surface area contributed by atoms with Gasteiger partial charge in [-0.15, -0.1) is 0 Å². The van der Waals surface area contributed by atoms with Crippen LogP contribution in [0.25, 0.3) is 0 Å². The predicted molar refractivity (Wildman–Crippen MR) is 374 cm³/mol. The van der Waals surface area contributed by atoms with E-state index in [9.17, 15) is 74.9 Å². The molecule has 1 aliphatic carbocycles. The highest BCUT2D eigenvalue weighted by Gasteiger charge is 2.58. The number of hydrogen-bond acceptors (Lipinski definition) is 23. The summed E-state index contributed by atoms with van der Waals surface area (Å²) in [5, 5.41) is 110. The fourth-order valence-electron chi connectivity index (χ4n) is 12.6. The van der Waals surface area contributed by atoms with Crippen molar-refractivity contribution in [3.8, 4) is 0 Å². The highest BCUT2D eigenvalue weighted by atomic mass is 31.2. The summed E-state index contributed by atoms with van der Waals surface area (Å²) < 4.78 is 65.1. The van der Waals surface area contributed by atoms with Crippen LogP contribution in [0.15, 0.2) is 24.3 Å². The number of aliphatic hydroxyl groups is 10. The number of phosphoric acid groups is 1. The topological polar surface area (TPSA) is 374 Å². The number of esters is 3. The largest absolute Gasteiger partial charge is 0.472 e. The molecule has 0 radical (unpaired) electrons. The van der Waals surface area contributed by atoms with Crippen LogP contribution in [0, 0.1) is 0 Å². The van der Waals surface area contributed by atoms with Crippen LogP contribution in [0.2, 0.25) is 0 Å². The van der Waals surface area contributed by atoms with E-state index in [1.54, 1.807) is 0 Å². The van der Waals surface area contributed by atoms with E-state index in [1.165, 1.54) is 122 Å². The van der Waals surface area contributed by atoms with Gasteiger partial charge in [-0.05, 0) is 70.6 Å². The fourth-order valence-corrected chi connectivity index (χ4v) is 13.6. The third kappa shape index (κ3) is 38.9. The number of aliphatic hydroxyl groups excluding tert-OH is 10. The van der Waals surface area contributed by atoms with Crippen molar-refractivity contribution in [1.82, 2.24) is 0 Å². The molecule has 3 fully saturated rings. The molecule has 580 valence electrons. The van der Waals surface area contributed by atoms with Crippen LogP contribution in [-0.2, 0) is 61.2 Å². The molecule has 2 saturated heterocycles. The molecule has 99 heavy (non-hydrogen) atoms. The number of allylic oxidation sites excluding steroid dienone is 4. The van der Waals surface area contributed by atoms with Gasteiger partial charge < -0.3 is 89.1 Å². The van der Waals surface area contributed by atoms with Crippen LogP contribution < -0.4 is 0 Å². The average molecular weight is 1440 g/mol. The van der Waals surface area contributed by atoms with Gasteiger partial charge in [0.15, 0.2) is 18.7 Å². The Morgan fingerprint density at radius 2 is 0.707 bits per heavy atom. The van der Waals surface area contributed by atoms with E-state index in [0.29, 0.717) is 19.3 Å². The van der Waals surface area contributed by atoms with Crippen molar-refractivity contribution in [3.05, 3.63) is 24.3 Å². The predicted octanol–water partition coefficient (Wildman–Crippen LogP) is 10.9. The first-order valence-corrected chi connectivity index (χ1v) is 40.1. The second-order valence-electron chi connectivity index (χ2n) is 27.7. The first kappa shape index (κ1) is 90.7. The number of unbranched alkanes of at least 4 members (excludes halogenated alkanes) is 35. The average Bonchev–Trinajstić information content (AvgIpc) is 0.763. The SMILES string of the molecule is CCCCCC/C=C\CCCCCCCCCC(=O)OCC(COP(=O)(O)OC1C(OC2OC(CO)C(O)C(O)C2O)C(O)C(O)C(O)C1OC1OC(COC(=O)CCCCC/C=C\CCCCCCCCC)C(O)C(O)C1O)OC(=O)CCCCCCCCCCCCCCCCC. The van der Waals surface area contributed by atoms with E-state index >= 15 is 0 Å². The minimum Gasteiger partial charge on any atom is -0.463 e. The van der Waals surface area contributed by atoms with Crippen LogP contribution in [-0.4, -0.2) is 204 Å². The lowest BCUT2D eigenvalue weighted by atomic mass is 9.84. The molecule has 18 atom stereocenters. The van der Waals surface area contributed by atoms with Gasteiger partial charge in [-0.3, -0.25) is 23.4 Å². The molecule has 0 aromatic carbocycles. The minimum atomic E-state index is -5.70. The third-order valence-electron chi connectivity index (χ3n) is 19.0. The fraction of sp³-hybridized carbons (Fsp3) is 0.905. The van der Waals surface area contributed by atoms with Crippen LogP contribution in [0.3, 0.4) is 0 Å². The maximum Gasteiger partial charge on any atom is 0.472 e. The van der Waals surface area contributed by atoms with E-state index in [-0.39, 0.29) is 19.3 Å². The number of hydrogen-bond donors (Lipinski definition) is 11. The van der Waals surface area contributed by atoms with Crippen molar-refractivity contribution in [2.75, 3.05) is 26.4 Å². The number of carbonyl (C=O) groups is 3. The second-order valence-corrected chi connectivity index (χ2v) is 29.1. The summed E-state index contributed by atoms with van der Waals surface area (Å²) >= 11 is 0. The number of carbonyl (C=O) groups excluding carboxylic acids is 3. The summed E-state index contributed by atoms with van der Waals surface area (Å²) in [6.45, 7) is 3.43. The molecule has 1 saturated carbocycles. The van der Waals surface area contributed by atoms with E-state index in [2.05, 4.69) is 45.1 Å². The Kier molecular flexibility index (Phi) is 51.2. The lowest BCUT2D eigenvalue weighted by Crippen LogP contribution is -2.69. The van der Waals surface area contributed by atoms with Gasteiger partial charge in [0.25, 0.3) is 0 Å². The summed E-state index contributed by atoms with van der Waals surface area (Å²) in [7, 11) is -5.70. The molecule has 18 unspecified atom stereocenters. The zero-order valence-corrected chi connectivity index (χ0v) is 61.4. The number of ether oxygens (including phenoxy) is 7. The van der Waals surface area contributed by atoms with E-state index in [4.69, 9.17) is 42.2 Å². The summed E-state index contributed by atoms with van der Waals surface area (Å²) in [5.41, 5.74) is 0. The molecule has 2 heterocycles. The van der Waals surface area contributed by atoms with Gasteiger partial charge in [0.05, 0.1) is 13.2 Å². The molecule has 24 nitrogen and oxygen atoms in total. The molecule has 25 heteroatoms. The van der Waals surface area contributed by atoms with Gasteiger partial charge >= 0.3 is 25.7 Å². The van der Waals surface area contributed by atoms with E-state index in [1.807, 2.05) is 0 Å². The molecule has 0 amide bonds. The Bertz CT molecular complexity index is 2140. The molecule has 0 spiro atoms. The summed E-state index contributed by atoms with van der Waals surface area (Å²) in [6.07, 6.45) is 16.6.